The monoisotopic (exact) mass is 700 g/mol. The second-order valence-corrected chi connectivity index (χ2v) is 13.8. The van der Waals surface area contributed by atoms with Crippen LogP contribution in [0.4, 0.5) is 0 Å². The van der Waals surface area contributed by atoms with Gasteiger partial charge in [0.15, 0.2) is 10.1 Å². The normalized spacial score (nSPS) is 29.2. The molecule has 3 amide bonds. The number of alkyl halides is 4. The van der Waals surface area contributed by atoms with E-state index in [0.717, 1.165) is 10.6 Å². The van der Waals surface area contributed by atoms with Crippen LogP contribution in [0.5, 0.6) is 0 Å². The number of allylic oxidation sites excluding steroid dienone is 2. The molecule has 2 bridgehead atoms. The Morgan fingerprint density at radius 3 is 1.75 bits per heavy atom. The summed E-state index contributed by atoms with van der Waals surface area (Å²) in [5.41, 5.74) is 1.08. The first-order valence-corrected chi connectivity index (χ1v) is 14.6. The summed E-state index contributed by atoms with van der Waals surface area (Å²) < 4.78 is -2.16. The van der Waals surface area contributed by atoms with Gasteiger partial charge in [-0.3, -0.25) is 19.2 Å². The number of carbonyl (C=O) groups is 4. The van der Waals surface area contributed by atoms with Crippen molar-refractivity contribution in [2.24, 2.45) is 11.8 Å². The molecule has 0 radical (unpaired) electrons. The zero-order valence-electron chi connectivity index (χ0n) is 20.3. The Morgan fingerprint density at radius 1 is 0.800 bits per heavy atom. The van der Waals surface area contributed by atoms with Crippen molar-refractivity contribution in [2.75, 3.05) is 0 Å². The summed E-state index contributed by atoms with van der Waals surface area (Å²) in [5.74, 6) is -6.45. The molecule has 6 nitrogen and oxygen atoms in total. The van der Waals surface area contributed by atoms with Gasteiger partial charge in [-0.15, -0.1) is 23.2 Å². The summed E-state index contributed by atoms with van der Waals surface area (Å²) in [6.07, 6.45) is 0. The number of benzene rings is 2. The van der Waals surface area contributed by atoms with E-state index in [2.05, 4.69) is 0 Å². The molecule has 1 saturated heterocycles. The molecule has 5 atom stereocenters. The highest BCUT2D eigenvalue weighted by molar-refractivity contribution is 6.66. The number of amides is 3. The summed E-state index contributed by atoms with van der Waals surface area (Å²) in [7, 11) is 0. The average Bonchev–Trinajstić information content (AvgIpc) is 3.29. The molecule has 3 aliphatic rings. The molecule has 2 aromatic rings. The molecule has 2 aromatic carbocycles. The van der Waals surface area contributed by atoms with Crippen LogP contribution in [0.15, 0.2) is 52.5 Å². The Bertz CT molecular complexity index is 1500. The maximum absolute atomic E-state index is 14.0. The zero-order chi connectivity index (χ0) is 29.7. The third kappa shape index (κ3) is 3.77. The van der Waals surface area contributed by atoms with E-state index in [1.165, 1.54) is 25.1 Å². The maximum Gasteiger partial charge on any atom is 0.273 e. The Labute approximate surface area is 268 Å². The first kappa shape index (κ1) is 30.2. The van der Waals surface area contributed by atoms with Gasteiger partial charge < -0.3 is 0 Å². The lowest BCUT2D eigenvalue weighted by Gasteiger charge is -2.38. The Kier molecular flexibility index (Phi) is 7.50. The molecule has 0 spiro atoms. The predicted molar refractivity (Wildman–Crippen MR) is 157 cm³/mol. The minimum absolute atomic E-state index is 0.0372. The Balaban J connectivity index is 1.64. The molecule has 1 saturated carbocycles. The number of hydrazine groups is 1. The third-order valence-corrected chi connectivity index (χ3v) is 12.6. The zero-order valence-corrected chi connectivity index (χ0v) is 26.4. The summed E-state index contributed by atoms with van der Waals surface area (Å²) in [6, 6.07) is 9.15. The molecular formula is C26H16Cl8N2O4. The highest BCUT2D eigenvalue weighted by atomic mass is 35.5. The lowest BCUT2D eigenvalue weighted by Crippen LogP contribution is -2.59. The maximum atomic E-state index is 14.0. The fourth-order valence-electron chi connectivity index (χ4n) is 5.46. The van der Waals surface area contributed by atoms with Crippen LogP contribution in [0.25, 0.3) is 0 Å². The molecule has 0 N–H and O–H groups in total. The van der Waals surface area contributed by atoms with Crippen molar-refractivity contribution < 1.29 is 19.2 Å². The van der Waals surface area contributed by atoms with E-state index in [1.54, 1.807) is 24.3 Å². The van der Waals surface area contributed by atoms with Crippen molar-refractivity contribution >= 4 is 116 Å². The molecular weight excluding hydrogens is 688 g/mol. The smallest absolute Gasteiger partial charge is 0.273 e. The van der Waals surface area contributed by atoms with Gasteiger partial charge in [0.2, 0.25) is 0 Å². The number of aryl methyl sites for hydroxylation is 1. The van der Waals surface area contributed by atoms with Crippen LogP contribution in [0, 0.1) is 18.8 Å². The second kappa shape index (κ2) is 9.92. The Morgan fingerprint density at radius 2 is 1.27 bits per heavy atom. The molecule has 5 rings (SSSR count). The van der Waals surface area contributed by atoms with E-state index in [4.69, 9.17) is 92.8 Å². The summed E-state index contributed by atoms with van der Waals surface area (Å²) in [5, 5.41) is 0.926. The van der Waals surface area contributed by atoms with Crippen molar-refractivity contribution in [1.82, 2.24) is 10.0 Å². The van der Waals surface area contributed by atoms with Crippen LogP contribution < -0.4 is 0 Å². The topological polar surface area (TPSA) is 74.8 Å². The first-order valence-electron chi connectivity index (χ1n) is 11.6. The van der Waals surface area contributed by atoms with Crippen LogP contribution in [0.1, 0.15) is 33.2 Å². The average molecular weight is 704 g/mol. The second-order valence-electron chi connectivity index (χ2n) is 9.75. The van der Waals surface area contributed by atoms with Crippen molar-refractivity contribution in [3.05, 3.63) is 79.3 Å². The van der Waals surface area contributed by atoms with Gasteiger partial charge in [0.25, 0.3) is 17.7 Å². The van der Waals surface area contributed by atoms with E-state index in [0.29, 0.717) is 5.01 Å². The molecule has 14 heteroatoms. The van der Waals surface area contributed by atoms with Crippen molar-refractivity contribution in [1.29, 1.82) is 0 Å². The van der Waals surface area contributed by atoms with Gasteiger partial charge >= 0.3 is 0 Å². The predicted octanol–water partition coefficient (Wildman–Crippen LogP) is 7.38. The largest absolute Gasteiger partial charge is 0.292 e. The lowest BCUT2D eigenvalue weighted by molar-refractivity contribution is -0.157. The number of halogens is 8. The van der Waals surface area contributed by atoms with E-state index in [9.17, 15) is 19.2 Å². The van der Waals surface area contributed by atoms with Crippen molar-refractivity contribution in [2.45, 2.75) is 34.0 Å². The summed E-state index contributed by atoms with van der Waals surface area (Å²) in [6.45, 7) is 3.22. The third-order valence-electron chi connectivity index (χ3n) is 7.56. The van der Waals surface area contributed by atoms with Gasteiger partial charge in [0.1, 0.15) is 15.8 Å². The number of hydrogen-bond acceptors (Lipinski definition) is 4. The van der Waals surface area contributed by atoms with Gasteiger partial charge in [0.05, 0.1) is 31.9 Å². The van der Waals surface area contributed by atoms with Crippen molar-refractivity contribution in [3.63, 3.8) is 0 Å². The van der Waals surface area contributed by atoms with Gasteiger partial charge in [-0.1, -0.05) is 99.4 Å². The van der Waals surface area contributed by atoms with Crippen LogP contribution in [-0.4, -0.2) is 53.6 Å². The molecule has 210 valence electrons. The minimum atomic E-state index is -2.16. The molecule has 2 fully saturated rings. The molecule has 40 heavy (non-hydrogen) atoms. The molecule has 0 unspecified atom stereocenters. The number of ketones is 1. The SMILES string of the molecule is Cc1ccc(C(=O)[C@H](C)N(C(=O)c2ccc(Cl)c(Cl)c2)N2C(=O)[C@H]3[C@H](C2=O)[C@@]2(Cl)C(Cl)=C(Cl)[C@@]3(Cl)C2(Cl)Cl)cc1. The number of imide groups is 1. The number of fused-ring (bicyclic) bond motifs is 5. The van der Waals surface area contributed by atoms with Crippen LogP contribution in [0.2, 0.25) is 10.0 Å². The molecule has 0 aromatic heterocycles. The highest BCUT2D eigenvalue weighted by Gasteiger charge is 2.88. The standard InChI is InChI=1S/C26H16Cl8N2O4/c1-10-3-5-12(6-4-10)18(37)11(2)35(21(38)13-7-8-14(27)15(28)9-13)36-22(39)16-17(23(36)40)25(32)20(30)19(29)24(16,31)26(25,33)34/h3-9,11,16-17H,1-2H3/t11-,16+,17+,24+,25+/m0/s1. The van der Waals surface area contributed by atoms with Crippen molar-refractivity contribution in [3.8, 4) is 0 Å². The number of rotatable bonds is 5. The number of carbonyl (C=O) groups excluding carboxylic acids is 4. The van der Waals surface area contributed by atoms with E-state index in [-0.39, 0.29) is 31.2 Å². The number of Topliss-reactive ketones (excluding diaryl/α,β-unsaturated/α-hetero) is 1. The summed E-state index contributed by atoms with van der Waals surface area (Å²) in [4.78, 5) is 51.5. The van der Waals surface area contributed by atoms with Gasteiger partial charge in [-0.25, -0.2) is 5.01 Å². The quantitative estimate of drug-likeness (QED) is 0.185. The van der Waals surface area contributed by atoms with E-state index in [1.807, 2.05) is 6.92 Å². The number of nitrogens with zero attached hydrogens (tertiary/aromatic N) is 2. The highest BCUT2D eigenvalue weighted by Crippen LogP contribution is 2.77. The van der Waals surface area contributed by atoms with Gasteiger partial charge in [0, 0.05) is 11.1 Å². The van der Waals surface area contributed by atoms with Gasteiger partial charge in [-0.2, -0.15) is 5.01 Å². The Hall–Kier alpha value is -1.22. The first-order chi connectivity index (χ1) is 18.5. The van der Waals surface area contributed by atoms with Crippen LogP contribution >= 0.6 is 92.8 Å². The van der Waals surface area contributed by atoms with E-state index >= 15 is 0 Å². The summed E-state index contributed by atoms with van der Waals surface area (Å²) >= 11 is 51.7. The van der Waals surface area contributed by atoms with Crippen LogP contribution in [-0.2, 0) is 9.59 Å². The fourth-order valence-corrected chi connectivity index (χ4v) is 8.69. The molecule has 1 heterocycles. The number of hydrogen-bond donors (Lipinski definition) is 0. The molecule has 2 aliphatic carbocycles. The van der Waals surface area contributed by atoms with Crippen LogP contribution in [0.3, 0.4) is 0 Å². The molecule has 1 aliphatic heterocycles. The van der Waals surface area contributed by atoms with Gasteiger partial charge in [-0.05, 0) is 32.0 Å². The minimum Gasteiger partial charge on any atom is -0.292 e. The van der Waals surface area contributed by atoms with E-state index < -0.39 is 55.5 Å². The lowest BCUT2D eigenvalue weighted by atomic mass is 9.84. The fraction of sp³-hybridized carbons (Fsp3) is 0.308.